The van der Waals surface area contributed by atoms with Gasteiger partial charge in [-0.2, -0.15) is 0 Å². The summed E-state index contributed by atoms with van der Waals surface area (Å²) in [4.78, 5) is 5.19. The van der Waals surface area contributed by atoms with Gasteiger partial charge in [0.2, 0.25) is 0 Å². The minimum absolute atomic E-state index is 0.850. The van der Waals surface area contributed by atoms with Gasteiger partial charge in [0.1, 0.15) is 5.75 Å². The summed E-state index contributed by atoms with van der Waals surface area (Å²) in [5, 5.41) is 0. The normalized spacial score (nSPS) is 10.1. The van der Waals surface area contributed by atoms with E-state index in [9.17, 15) is 0 Å². The van der Waals surface area contributed by atoms with Gasteiger partial charge in [-0.1, -0.05) is 15.9 Å². The van der Waals surface area contributed by atoms with Crippen molar-refractivity contribution in [1.29, 1.82) is 0 Å². The fraction of sp³-hybridized carbons (Fsp3) is 0.100. The lowest BCUT2D eigenvalue weighted by atomic mass is 10.2. The Bertz CT molecular complexity index is 428. The van der Waals surface area contributed by atoms with Crippen LogP contribution in [0.5, 0.6) is 5.75 Å². The molecule has 2 rings (SSSR count). The van der Waals surface area contributed by atoms with Gasteiger partial charge in [0.05, 0.1) is 17.5 Å². The van der Waals surface area contributed by atoms with Crippen molar-refractivity contribution in [3.63, 3.8) is 0 Å². The molecule has 0 spiro atoms. The zero-order valence-corrected chi connectivity index (χ0v) is 9.93. The maximum absolute atomic E-state index is 5.19. The Labute approximate surface area is 94.7 Å². The molecule has 1 aromatic heterocycles. The van der Waals surface area contributed by atoms with Crippen LogP contribution in [0.15, 0.2) is 34.4 Å². The molecule has 2 aromatic rings. The van der Waals surface area contributed by atoms with Crippen molar-refractivity contribution in [1.82, 2.24) is 4.98 Å². The zero-order valence-electron chi connectivity index (χ0n) is 7.53. The Balaban J connectivity index is 2.48. The van der Waals surface area contributed by atoms with Crippen LogP contribution in [0.2, 0.25) is 0 Å². The first-order chi connectivity index (χ1) is 6.79. The highest BCUT2D eigenvalue weighted by Crippen LogP contribution is 2.30. The van der Waals surface area contributed by atoms with Gasteiger partial charge in [0, 0.05) is 10.7 Å². The summed E-state index contributed by atoms with van der Waals surface area (Å²) in [5.74, 6) is 0.850. The number of hydrogen-bond donors (Lipinski definition) is 0. The van der Waals surface area contributed by atoms with Gasteiger partial charge in [-0.15, -0.1) is 11.3 Å². The molecule has 4 heteroatoms. The second-order valence-electron chi connectivity index (χ2n) is 2.75. The average molecular weight is 270 g/mol. The predicted molar refractivity (Wildman–Crippen MR) is 61.8 cm³/mol. The quantitative estimate of drug-likeness (QED) is 0.832. The summed E-state index contributed by atoms with van der Waals surface area (Å²) in [6.07, 6.45) is 1.85. The van der Waals surface area contributed by atoms with E-state index in [1.54, 1.807) is 18.4 Å². The lowest BCUT2D eigenvalue weighted by Gasteiger charge is -2.03. The number of hydrogen-bond acceptors (Lipinski definition) is 3. The van der Waals surface area contributed by atoms with Gasteiger partial charge in [-0.25, -0.2) is 0 Å². The van der Waals surface area contributed by atoms with Gasteiger partial charge in [0.25, 0.3) is 0 Å². The Morgan fingerprint density at radius 3 is 2.86 bits per heavy atom. The van der Waals surface area contributed by atoms with Crippen molar-refractivity contribution in [2.24, 2.45) is 0 Å². The molecule has 1 aromatic carbocycles. The van der Waals surface area contributed by atoms with Crippen LogP contribution >= 0.6 is 27.3 Å². The summed E-state index contributed by atoms with van der Waals surface area (Å²) in [6.45, 7) is 0. The smallest absolute Gasteiger partial charge is 0.120 e. The molecule has 0 aliphatic carbocycles. The average Bonchev–Trinajstić information content (AvgIpc) is 2.69. The van der Waals surface area contributed by atoms with Crippen molar-refractivity contribution in [3.05, 3.63) is 34.4 Å². The number of halogens is 1. The second kappa shape index (κ2) is 4.11. The molecule has 14 heavy (non-hydrogen) atoms. The highest BCUT2D eigenvalue weighted by atomic mass is 79.9. The van der Waals surface area contributed by atoms with Crippen molar-refractivity contribution < 1.29 is 4.74 Å². The third-order valence-electron chi connectivity index (χ3n) is 1.82. The van der Waals surface area contributed by atoms with Gasteiger partial charge >= 0.3 is 0 Å². The Kier molecular flexibility index (Phi) is 2.84. The maximum Gasteiger partial charge on any atom is 0.120 e. The molecule has 0 saturated carbocycles. The van der Waals surface area contributed by atoms with Gasteiger partial charge < -0.3 is 4.74 Å². The van der Waals surface area contributed by atoms with E-state index in [0.717, 1.165) is 20.7 Å². The third kappa shape index (κ3) is 1.96. The van der Waals surface area contributed by atoms with E-state index in [1.165, 1.54) is 0 Å². The standard InChI is InChI=1S/C10H8BrNOS/c1-13-9-3-7(2-8(11)4-9)10-5-12-6-14-10/h2-6H,1H3. The lowest BCUT2D eigenvalue weighted by molar-refractivity contribution is 0.414. The molecule has 0 radical (unpaired) electrons. The van der Waals surface area contributed by atoms with Crippen molar-refractivity contribution in [3.8, 4) is 16.2 Å². The summed E-state index contributed by atoms with van der Waals surface area (Å²) >= 11 is 5.06. The van der Waals surface area contributed by atoms with Crippen LogP contribution in [-0.4, -0.2) is 12.1 Å². The molecule has 0 saturated heterocycles. The SMILES string of the molecule is COc1cc(Br)cc(-c2cncs2)c1. The molecule has 0 amide bonds. The monoisotopic (exact) mass is 269 g/mol. The van der Waals surface area contributed by atoms with E-state index in [4.69, 9.17) is 4.74 Å². The minimum atomic E-state index is 0.850. The molecule has 0 N–H and O–H groups in total. The third-order valence-corrected chi connectivity index (χ3v) is 3.10. The molecule has 72 valence electrons. The zero-order chi connectivity index (χ0) is 9.97. The summed E-state index contributed by atoms with van der Waals surface area (Å²) < 4.78 is 6.20. The van der Waals surface area contributed by atoms with Crippen LogP contribution in [0.25, 0.3) is 10.4 Å². The topological polar surface area (TPSA) is 22.1 Å². The number of ether oxygens (including phenoxy) is 1. The molecule has 0 atom stereocenters. The molecule has 0 fully saturated rings. The fourth-order valence-electron chi connectivity index (χ4n) is 1.18. The maximum atomic E-state index is 5.19. The van der Waals surface area contributed by atoms with Gasteiger partial charge in [0.15, 0.2) is 0 Å². The van der Waals surface area contributed by atoms with Gasteiger partial charge in [-0.3, -0.25) is 4.98 Å². The number of aromatic nitrogens is 1. The number of thiazole rings is 1. The molecule has 1 heterocycles. The molecular formula is C10H8BrNOS. The molecule has 2 nitrogen and oxygen atoms in total. The van der Waals surface area contributed by atoms with Crippen LogP contribution in [0.3, 0.4) is 0 Å². The predicted octanol–water partition coefficient (Wildman–Crippen LogP) is 3.58. The highest BCUT2D eigenvalue weighted by Gasteiger charge is 2.03. The van der Waals surface area contributed by atoms with E-state index >= 15 is 0 Å². The summed E-state index contributed by atoms with van der Waals surface area (Å²) in [6, 6.07) is 5.98. The van der Waals surface area contributed by atoms with Crippen molar-refractivity contribution in [2.75, 3.05) is 7.11 Å². The van der Waals surface area contributed by atoms with Crippen LogP contribution in [0.4, 0.5) is 0 Å². The molecule has 0 unspecified atom stereocenters. The van der Waals surface area contributed by atoms with Gasteiger partial charge in [-0.05, 0) is 23.8 Å². The number of nitrogens with zero attached hydrogens (tertiary/aromatic N) is 1. The Morgan fingerprint density at radius 2 is 2.21 bits per heavy atom. The van der Waals surface area contributed by atoms with E-state index < -0.39 is 0 Å². The van der Waals surface area contributed by atoms with E-state index in [-0.39, 0.29) is 0 Å². The van der Waals surface area contributed by atoms with Crippen LogP contribution in [0, 0.1) is 0 Å². The molecular weight excluding hydrogens is 262 g/mol. The minimum Gasteiger partial charge on any atom is -0.497 e. The highest BCUT2D eigenvalue weighted by molar-refractivity contribution is 9.10. The molecule has 0 aliphatic rings. The summed E-state index contributed by atoms with van der Waals surface area (Å²) in [7, 11) is 1.66. The largest absolute Gasteiger partial charge is 0.497 e. The number of rotatable bonds is 2. The first kappa shape index (κ1) is 9.68. The second-order valence-corrected chi connectivity index (χ2v) is 4.55. The van der Waals surface area contributed by atoms with Crippen molar-refractivity contribution in [2.45, 2.75) is 0 Å². The lowest BCUT2D eigenvalue weighted by Crippen LogP contribution is -1.83. The fourth-order valence-corrected chi connectivity index (χ4v) is 2.26. The number of benzene rings is 1. The van der Waals surface area contributed by atoms with E-state index in [2.05, 4.69) is 27.0 Å². The summed E-state index contributed by atoms with van der Waals surface area (Å²) in [5.41, 5.74) is 2.95. The van der Waals surface area contributed by atoms with Crippen molar-refractivity contribution >= 4 is 27.3 Å². The Morgan fingerprint density at radius 1 is 1.36 bits per heavy atom. The Hall–Kier alpha value is -0.870. The molecule has 0 aliphatic heterocycles. The van der Waals surface area contributed by atoms with E-state index in [1.807, 2.05) is 23.8 Å². The molecule has 0 bridgehead atoms. The first-order valence-corrected chi connectivity index (χ1v) is 5.70. The van der Waals surface area contributed by atoms with Crippen LogP contribution in [-0.2, 0) is 0 Å². The van der Waals surface area contributed by atoms with E-state index in [0.29, 0.717) is 0 Å². The first-order valence-electron chi connectivity index (χ1n) is 4.03. The van der Waals surface area contributed by atoms with Crippen LogP contribution in [0.1, 0.15) is 0 Å². The van der Waals surface area contributed by atoms with Crippen LogP contribution < -0.4 is 4.74 Å². The number of methoxy groups -OCH3 is 1.